The molecule has 6 aromatic carbocycles. The number of hydrogen-bond donors (Lipinski definition) is 1. The van der Waals surface area contributed by atoms with E-state index >= 15 is 0 Å². The molecule has 1 aliphatic carbocycles. The lowest BCUT2D eigenvalue weighted by Gasteiger charge is -2.21. The van der Waals surface area contributed by atoms with E-state index in [-0.39, 0.29) is 5.41 Å². The van der Waals surface area contributed by atoms with Gasteiger partial charge in [-0.05, 0) is 78.8 Å². The Morgan fingerprint density at radius 2 is 0.971 bits per heavy atom. The van der Waals surface area contributed by atoms with Gasteiger partial charge in [0.05, 0.1) is 0 Å². The van der Waals surface area contributed by atoms with E-state index in [4.69, 9.17) is 0 Å². The molecule has 0 aliphatic heterocycles. The lowest BCUT2D eigenvalue weighted by molar-refractivity contribution is 0.661. The fourth-order valence-electron chi connectivity index (χ4n) is 6.50. The van der Waals surface area contributed by atoms with Crippen molar-refractivity contribution in [2.45, 2.75) is 19.3 Å². The summed E-state index contributed by atoms with van der Waals surface area (Å²) >= 11 is 0. The van der Waals surface area contributed by atoms with E-state index in [0.717, 1.165) is 0 Å². The summed E-state index contributed by atoms with van der Waals surface area (Å²) in [7, 11) is 0. The van der Waals surface area contributed by atoms with Gasteiger partial charge in [0.25, 0.3) is 0 Å². The van der Waals surface area contributed by atoms with Gasteiger partial charge < -0.3 is 4.98 Å². The van der Waals surface area contributed by atoms with Crippen LogP contribution in [-0.2, 0) is 5.41 Å². The van der Waals surface area contributed by atoms with Gasteiger partial charge in [-0.2, -0.15) is 0 Å². The van der Waals surface area contributed by atoms with Crippen molar-refractivity contribution in [3.8, 4) is 11.1 Å². The number of aromatic amines is 1. The third kappa shape index (κ3) is 2.15. The molecule has 160 valence electrons. The van der Waals surface area contributed by atoms with E-state index < -0.39 is 0 Å². The number of hydrogen-bond acceptors (Lipinski definition) is 0. The SMILES string of the molecule is CC1(C)c2ccccc2-c2cc3c(cc21)[nH]c1cc2c4ccccc4c4ccccc4c2cc13. The second-order valence-corrected chi connectivity index (χ2v) is 10.3. The van der Waals surface area contributed by atoms with E-state index in [0.29, 0.717) is 0 Å². The first-order valence-corrected chi connectivity index (χ1v) is 12.0. The first-order chi connectivity index (χ1) is 16.6. The maximum Gasteiger partial charge on any atom is 0.0471 e. The van der Waals surface area contributed by atoms with E-state index in [1.54, 1.807) is 0 Å². The number of fused-ring (bicyclic) bond motifs is 12. The van der Waals surface area contributed by atoms with Crippen molar-refractivity contribution < 1.29 is 0 Å². The van der Waals surface area contributed by atoms with Crippen LogP contribution in [-0.4, -0.2) is 4.98 Å². The van der Waals surface area contributed by atoms with Gasteiger partial charge in [-0.25, -0.2) is 0 Å². The minimum absolute atomic E-state index is 0.00846. The van der Waals surface area contributed by atoms with Crippen LogP contribution in [0.2, 0.25) is 0 Å². The molecule has 0 saturated carbocycles. The molecule has 0 unspecified atom stereocenters. The molecular weight excluding hydrogens is 410 g/mol. The Hall–Kier alpha value is -4.10. The van der Waals surface area contributed by atoms with Crippen LogP contribution in [0.5, 0.6) is 0 Å². The Balaban J connectivity index is 1.54. The second kappa shape index (κ2) is 6.07. The van der Waals surface area contributed by atoms with Gasteiger partial charge in [-0.1, -0.05) is 86.6 Å². The van der Waals surface area contributed by atoms with Crippen LogP contribution >= 0.6 is 0 Å². The monoisotopic (exact) mass is 433 g/mol. The van der Waals surface area contributed by atoms with Gasteiger partial charge in [-0.3, -0.25) is 0 Å². The van der Waals surface area contributed by atoms with E-state index in [9.17, 15) is 0 Å². The Labute approximate surface area is 197 Å². The van der Waals surface area contributed by atoms with E-state index in [2.05, 4.69) is 116 Å². The van der Waals surface area contributed by atoms with Crippen LogP contribution in [0.25, 0.3) is 65.3 Å². The number of nitrogens with one attached hydrogen (secondary N) is 1. The molecule has 0 spiro atoms. The summed E-state index contributed by atoms with van der Waals surface area (Å²) in [6.45, 7) is 4.69. The lowest BCUT2D eigenvalue weighted by Crippen LogP contribution is -2.14. The number of benzene rings is 6. The summed E-state index contributed by atoms with van der Waals surface area (Å²) in [6.07, 6.45) is 0. The van der Waals surface area contributed by atoms with Crippen LogP contribution in [0.4, 0.5) is 0 Å². The fourth-order valence-corrected chi connectivity index (χ4v) is 6.50. The molecule has 1 N–H and O–H groups in total. The van der Waals surface area contributed by atoms with Gasteiger partial charge in [0.1, 0.15) is 0 Å². The van der Waals surface area contributed by atoms with Crippen LogP contribution in [0.3, 0.4) is 0 Å². The summed E-state index contributed by atoms with van der Waals surface area (Å²) in [5, 5.41) is 10.5. The highest BCUT2D eigenvalue weighted by Crippen LogP contribution is 2.50. The molecule has 8 rings (SSSR count). The van der Waals surface area contributed by atoms with Gasteiger partial charge in [0.2, 0.25) is 0 Å². The zero-order valence-corrected chi connectivity index (χ0v) is 19.2. The van der Waals surface area contributed by atoms with Gasteiger partial charge in [0.15, 0.2) is 0 Å². The van der Waals surface area contributed by atoms with Gasteiger partial charge >= 0.3 is 0 Å². The van der Waals surface area contributed by atoms with Crippen LogP contribution < -0.4 is 0 Å². The van der Waals surface area contributed by atoms with Crippen LogP contribution in [0, 0.1) is 0 Å². The molecule has 1 aliphatic rings. The van der Waals surface area contributed by atoms with Gasteiger partial charge in [-0.15, -0.1) is 0 Å². The molecule has 0 bridgehead atoms. The fraction of sp³-hybridized carbons (Fsp3) is 0.0909. The zero-order valence-electron chi connectivity index (χ0n) is 19.2. The minimum atomic E-state index is 0.00846. The molecule has 0 amide bonds. The molecule has 0 atom stereocenters. The molecule has 0 saturated heterocycles. The molecule has 1 heteroatoms. The minimum Gasteiger partial charge on any atom is -0.354 e. The Morgan fingerprint density at radius 3 is 1.68 bits per heavy atom. The lowest BCUT2D eigenvalue weighted by atomic mass is 9.82. The summed E-state index contributed by atoms with van der Waals surface area (Å²) in [6, 6.07) is 36.1. The van der Waals surface area contributed by atoms with Crippen molar-refractivity contribution in [2.75, 3.05) is 0 Å². The predicted molar refractivity (Wildman–Crippen MR) is 146 cm³/mol. The van der Waals surface area contributed by atoms with Crippen molar-refractivity contribution in [1.82, 2.24) is 4.98 Å². The maximum atomic E-state index is 3.78. The standard InChI is InChI=1S/C33H23N/c1-33(2)29-14-8-7-13-23(29)26-16-28-27-15-24-21-11-5-3-9-19(21)20-10-4-6-12-22(20)25(24)17-31(27)34-32(28)18-30(26)33/h3-18,34H,1-2H3. The normalized spacial score (nSPS) is 14.4. The van der Waals surface area contributed by atoms with Crippen molar-refractivity contribution >= 4 is 54.1 Å². The van der Waals surface area contributed by atoms with Gasteiger partial charge in [0, 0.05) is 27.2 Å². The molecule has 1 heterocycles. The average molecular weight is 434 g/mol. The number of rotatable bonds is 0. The molecule has 0 fully saturated rings. The smallest absolute Gasteiger partial charge is 0.0471 e. The van der Waals surface area contributed by atoms with E-state index in [1.807, 2.05) is 0 Å². The van der Waals surface area contributed by atoms with Crippen molar-refractivity contribution in [3.63, 3.8) is 0 Å². The highest BCUT2D eigenvalue weighted by Gasteiger charge is 2.35. The van der Waals surface area contributed by atoms with Crippen LogP contribution in [0.15, 0.2) is 97.1 Å². The summed E-state index contributed by atoms with van der Waals surface area (Å²) in [5.74, 6) is 0. The third-order valence-corrected chi connectivity index (χ3v) is 8.16. The summed E-state index contributed by atoms with van der Waals surface area (Å²) in [5.41, 5.74) is 8.01. The summed E-state index contributed by atoms with van der Waals surface area (Å²) in [4.78, 5) is 3.78. The molecule has 0 radical (unpaired) electrons. The van der Waals surface area contributed by atoms with Crippen molar-refractivity contribution in [1.29, 1.82) is 0 Å². The quantitative estimate of drug-likeness (QED) is 0.230. The maximum absolute atomic E-state index is 3.78. The summed E-state index contributed by atoms with van der Waals surface area (Å²) < 4.78 is 0. The highest BCUT2D eigenvalue weighted by molar-refractivity contribution is 6.28. The highest BCUT2D eigenvalue weighted by atomic mass is 14.7. The molecule has 1 aromatic heterocycles. The van der Waals surface area contributed by atoms with Crippen molar-refractivity contribution in [2.24, 2.45) is 0 Å². The second-order valence-electron chi connectivity index (χ2n) is 10.3. The first kappa shape index (κ1) is 18.3. The topological polar surface area (TPSA) is 15.8 Å². The Kier molecular flexibility index (Phi) is 3.27. The average Bonchev–Trinajstić information content (AvgIpc) is 3.34. The predicted octanol–water partition coefficient (Wildman–Crippen LogP) is 9.09. The molecule has 34 heavy (non-hydrogen) atoms. The Bertz CT molecular complexity index is 1980. The number of aromatic nitrogens is 1. The first-order valence-electron chi connectivity index (χ1n) is 12.0. The molecular formula is C33H23N. The number of H-pyrrole nitrogens is 1. The van der Waals surface area contributed by atoms with E-state index in [1.165, 1.54) is 76.4 Å². The third-order valence-electron chi connectivity index (χ3n) is 8.16. The molecule has 7 aromatic rings. The molecule has 1 nitrogen and oxygen atoms in total. The largest absolute Gasteiger partial charge is 0.354 e. The zero-order chi connectivity index (χ0) is 22.6. The Morgan fingerprint density at radius 1 is 0.441 bits per heavy atom. The van der Waals surface area contributed by atoms with Crippen molar-refractivity contribution in [3.05, 3.63) is 108 Å². The van der Waals surface area contributed by atoms with Crippen LogP contribution in [0.1, 0.15) is 25.0 Å².